The van der Waals surface area contributed by atoms with Gasteiger partial charge in [0.25, 0.3) is 0 Å². The second kappa shape index (κ2) is 10.3. The topological polar surface area (TPSA) is 9.23 Å². The van der Waals surface area contributed by atoms with Crippen LogP contribution < -0.4 is 9.92 Å². The Bertz CT molecular complexity index is 682. The molecule has 1 aliphatic carbocycles. The molecule has 27 heavy (non-hydrogen) atoms. The van der Waals surface area contributed by atoms with E-state index in [9.17, 15) is 0 Å². The average molecular weight is 385 g/mol. The van der Waals surface area contributed by atoms with Gasteiger partial charge in [0.1, 0.15) is 13.8 Å². The van der Waals surface area contributed by atoms with Crippen molar-refractivity contribution in [2.45, 2.75) is 91.7 Å². The van der Waals surface area contributed by atoms with E-state index in [1.165, 1.54) is 72.6 Å². The van der Waals surface area contributed by atoms with E-state index in [-0.39, 0.29) is 0 Å². The highest BCUT2D eigenvalue weighted by molar-refractivity contribution is 6.96. The number of benzene rings is 1. The summed E-state index contributed by atoms with van der Waals surface area (Å²) in [7, 11) is 0.132. The minimum absolute atomic E-state index is 1.12. The molecule has 0 N–H and O–H groups in total. The maximum absolute atomic E-state index is 6.06. The predicted octanol–water partition coefficient (Wildman–Crippen LogP) is 6.89. The van der Waals surface area contributed by atoms with Crippen LogP contribution in [0, 0.1) is 0 Å². The Hall–Kier alpha value is -1.28. The Morgan fingerprint density at radius 1 is 0.963 bits per heavy atom. The van der Waals surface area contributed by atoms with Crippen LogP contribution in [0.3, 0.4) is 0 Å². The van der Waals surface area contributed by atoms with Crippen LogP contribution in [0.2, 0.25) is 13.1 Å². The molecule has 2 heteroatoms. The molecule has 0 amide bonds. The summed E-state index contributed by atoms with van der Waals surface area (Å²) in [5, 5.41) is 3.19. The van der Waals surface area contributed by atoms with Gasteiger partial charge in [-0.1, -0.05) is 87.7 Å². The molecule has 0 unspecified atom stereocenters. The summed E-state index contributed by atoms with van der Waals surface area (Å²) < 4.78 is 6.06. The highest BCUT2D eigenvalue weighted by Gasteiger charge is 2.34. The molecule has 1 aromatic carbocycles. The fraction of sp³-hybridized carbons (Fsp3) is 0.600. The summed E-state index contributed by atoms with van der Waals surface area (Å²) in [4.78, 5) is 0. The minimum Gasteiger partial charge on any atom is -0.497 e. The van der Waals surface area contributed by atoms with Gasteiger partial charge in [-0.2, -0.15) is 0 Å². The molecule has 0 saturated heterocycles. The molecule has 0 fully saturated rings. The monoisotopic (exact) mass is 384 g/mol. The SMILES string of the molecule is CCCCCc1cc(CCCCC)c(OC)c([Si](C)(C)C2=C(C)C=CC2)c1. The first kappa shape index (κ1) is 22.0. The molecule has 1 aliphatic rings. The number of aryl methyl sites for hydroxylation is 2. The Kier molecular flexibility index (Phi) is 8.41. The molecule has 0 aromatic heterocycles. The van der Waals surface area contributed by atoms with E-state index in [1.54, 1.807) is 5.20 Å². The zero-order valence-electron chi connectivity index (χ0n) is 18.6. The third-order valence-electron chi connectivity index (χ3n) is 6.14. The standard InChI is InChI=1S/C25H40OSi/c1-7-9-11-15-21-18-22(16-12-10-8-2)25(26-4)24(19-21)27(5,6)23-17-13-14-20(23)3/h13-14,18-19H,7-12,15-17H2,1-6H3. The lowest BCUT2D eigenvalue weighted by Gasteiger charge is -2.30. The number of methoxy groups -OCH3 is 1. The van der Waals surface area contributed by atoms with Gasteiger partial charge >= 0.3 is 0 Å². The molecule has 1 aromatic rings. The summed E-state index contributed by atoms with van der Waals surface area (Å²) in [6.45, 7) is 11.9. The van der Waals surface area contributed by atoms with Crippen LogP contribution in [-0.2, 0) is 12.8 Å². The fourth-order valence-corrected chi connectivity index (χ4v) is 7.86. The number of hydrogen-bond donors (Lipinski definition) is 0. The van der Waals surface area contributed by atoms with Crippen molar-refractivity contribution in [2.24, 2.45) is 0 Å². The minimum atomic E-state index is -1.74. The van der Waals surface area contributed by atoms with Crippen LogP contribution in [0.5, 0.6) is 5.75 Å². The van der Waals surface area contributed by atoms with Crippen molar-refractivity contribution in [2.75, 3.05) is 7.11 Å². The maximum atomic E-state index is 6.06. The third-order valence-corrected chi connectivity index (χ3v) is 9.97. The van der Waals surface area contributed by atoms with Crippen LogP contribution in [0.25, 0.3) is 0 Å². The Morgan fingerprint density at radius 3 is 2.19 bits per heavy atom. The molecular weight excluding hydrogens is 344 g/mol. The predicted molar refractivity (Wildman–Crippen MR) is 123 cm³/mol. The highest BCUT2D eigenvalue weighted by Crippen LogP contribution is 2.32. The van der Waals surface area contributed by atoms with Crippen LogP contribution >= 0.6 is 0 Å². The lowest BCUT2D eigenvalue weighted by molar-refractivity contribution is 0.412. The van der Waals surface area contributed by atoms with Gasteiger partial charge in [0.2, 0.25) is 0 Å². The van der Waals surface area contributed by atoms with Gasteiger partial charge in [-0.3, -0.25) is 0 Å². The van der Waals surface area contributed by atoms with Crippen LogP contribution in [-0.4, -0.2) is 15.2 Å². The third kappa shape index (κ3) is 5.37. The largest absolute Gasteiger partial charge is 0.497 e. The Labute approximate surface area is 168 Å². The summed E-state index contributed by atoms with van der Waals surface area (Å²) >= 11 is 0. The highest BCUT2D eigenvalue weighted by atomic mass is 28.3. The normalized spacial score (nSPS) is 14.3. The van der Waals surface area contributed by atoms with Crippen molar-refractivity contribution in [3.63, 3.8) is 0 Å². The second-order valence-electron chi connectivity index (χ2n) is 8.64. The Morgan fingerprint density at radius 2 is 1.63 bits per heavy atom. The quantitative estimate of drug-likeness (QED) is 0.298. The number of unbranched alkanes of at least 4 members (excludes halogenated alkanes) is 4. The maximum Gasteiger partial charge on any atom is 0.121 e. The first-order valence-electron chi connectivity index (χ1n) is 11.0. The molecule has 0 aliphatic heterocycles. The van der Waals surface area contributed by atoms with Crippen molar-refractivity contribution >= 4 is 13.3 Å². The Balaban J connectivity index is 2.47. The zero-order chi connectivity index (χ0) is 19.9. The summed E-state index contributed by atoms with van der Waals surface area (Å²) in [6, 6.07) is 4.95. The number of hydrogen-bond acceptors (Lipinski definition) is 1. The van der Waals surface area contributed by atoms with E-state index in [1.807, 2.05) is 7.11 Å². The first-order valence-corrected chi connectivity index (χ1v) is 14.0. The van der Waals surface area contributed by atoms with Gasteiger partial charge in [0.15, 0.2) is 0 Å². The van der Waals surface area contributed by atoms with Crippen molar-refractivity contribution in [1.29, 1.82) is 0 Å². The summed E-state index contributed by atoms with van der Waals surface area (Å²) in [5.41, 5.74) is 4.45. The molecule has 0 bridgehead atoms. The molecule has 1 nitrogen and oxygen atoms in total. The second-order valence-corrected chi connectivity index (χ2v) is 13.0. The van der Waals surface area contributed by atoms with Gasteiger partial charge in [-0.15, -0.1) is 0 Å². The number of allylic oxidation sites excluding steroid dienone is 4. The van der Waals surface area contributed by atoms with Gasteiger partial charge in [0, 0.05) is 0 Å². The number of ether oxygens (including phenoxy) is 1. The van der Waals surface area contributed by atoms with Gasteiger partial charge in [0.05, 0.1) is 7.11 Å². The van der Waals surface area contributed by atoms with E-state index >= 15 is 0 Å². The zero-order valence-corrected chi connectivity index (χ0v) is 19.6. The van der Waals surface area contributed by atoms with Gasteiger partial charge in [-0.25, -0.2) is 0 Å². The molecular formula is C25H40OSi. The van der Waals surface area contributed by atoms with Crippen molar-refractivity contribution in [1.82, 2.24) is 0 Å². The van der Waals surface area contributed by atoms with E-state index in [4.69, 9.17) is 4.74 Å². The summed E-state index contributed by atoms with van der Waals surface area (Å²) in [6.07, 6.45) is 15.8. The lowest BCUT2D eigenvalue weighted by atomic mass is 10.00. The van der Waals surface area contributed by atoms with Crippen LogP contribution in [0.1, 0.15) is 76.8 Å². The van der Waals surface area contributed by atoms with E-state index in [0.29, 0.717) is 0 Å². The van der Waals surface area contributed by atoms with E-state index in [0.717, 1.165) is 12.8 Å². The van der Waals surface area contributed by atoms with E-state index < -0.39 is 8.07 Å². The smallest absolute Gasteiger partial charge is 0.121 e. The van der Waals surface area contributed by atoms with Crippen molar-refractivity contribution in [3.05, 3.63) is 46.2 Å². The molecule has 0 radical (unpaired) electrons. The molecule has 2 rings (SSSR count). The fourth-order valence-electron chi connectivity index (χ4n) is 4.46. The van der Waals surface area contributed by atoms with Crippen LogP contribution in [0.15, 0.2) is 35.1 Å². The molecule has 0 heterocycles. The van der Waals surface area contributed by atoms with E-state index in [2.05, 4.69) is 58.2 Å². The molecule has 0 spiro atoms. The average Bonchev–Trinajstić information content (AvgIpc) is 3.08. The van der Waals surface area contributed by atoms with Gasteiger partial charge in [-0.05, 0) is 55.3 Å². The molecule has 0 atom stereocenters. The molecule has 0 saturated carbocycles. The molecule has 150 valence electrons. The van der Waals surface area contributed by atoms with Gasteiger partial charge < -0.3 is 4.74 Å². The first-order chi connectivity index (χ1) is 13.0. The van der Waals surface area contributed by atoms with Crippen LogP contribution in [0.4, 0.5) is 0 Å². The number of rotatable bonds is 11. The van der Waals surface area contributed by atoms with Crippen molar-refractivity contribution in [3.8, 4) is 5.75 Å². The lowest BCUT2D eigenvalue weighted by Crippen LogP contribution is -2.45. The van der Waals surface area contributed by atoms with Crippen molar-refractivity contribution < 1.29 is 4.74 Å². The summed E-state index contributed by atoms with van der Waals surface area (Å²) in [5.74, 6) is 1.19.